The van der Waals surface area contributed by atoms with Crippen LogP contribution in [0.2, 0.25) is 10.0 Å². The zero-order valence-corrected chi connectivity index (χ0v) is 14.1. The second kappa shape index (κ2) is 5.94. The molecule has 21 heavy (non-hydrogen) atoms. The van der Waals surface area contributed by atoms with Crippen molar-refractivity contribution in [2.45, 2.75) is 18.9 Å². The molecule has 0 fully saturated rings. The fraction of sp³-hybridized carbons (Fsp3) is 0.385. The Labute approximate surface area is 133 Å². The molecule has 2 rings (SSSR count). The molecule has 0 saturated heterocycles. The zero-order chi connectivity index (χ0) is 15.8. The third kappa shape index (κ3) is 3.75. The SMILES string of the molecule is CC(C)CNc1nc2cc(Cl)c(Cl)cc2nc1S(C)(=O)=O. The van der Waals surface area contributed by atoms with Gasteiger partial charge in [-0.1, -0.05) is 37.0 Å². The lowest BCUT2D eigenvalue weighted by Gasteiger charge is -2.12. The molecule has 0 atom stereocenters. The van der Waals surface area contributed by atoms with Gasteiger partial charge < -0.3 is 5.32 Å². The molecule has 8 heteroatoms. The lowest BCUT2D eigenvalue weighted by Crippen LogP contribution is -2.14. The summed E-state index contributed by atoms with van der Waals surface area (Å²) < 4.78 is 23.8. The number of hydrogen-bond donors (Lipinski definition) is 1. The van der Waals surface area contributed by atoms with Gasteiger partial charge in [0.15, 0.2) is 20.7 Å². The Balaban J connectivity index is 2.66. The highest BCUT2D eigenvalue weighted by Crippen LogP contribution is 2.28. The number of benzene rings is 1. The summed E-state index contributed by atoms with van der Waals surface area (Å²) >= 11 is 11.9. The molecule has 1 aromatic heterocycles. The van der Waals surface area contributed by atoms with Gasteiger partial charge in [0.1, 0.15) is 0 Å². The largest absolute Gasteiger partial charge is 0.367 e. The van der Waals surface area contributed by atoms with Crippen LogP contribution in [0.4, 0.5) is 5.82 Å². The summed E-state index contributed by atoms with van der Waals surface area (Å²) in [5, 5.41) is 3.58. The number of hydrogen-bond acceptors (Lipinski definition) is 5. The van der Waals surface area contributed by atoms with E-state index in [4.69, 9.17) is 23.2 Å². The first kappa shape index (κ1) is 16.3. The van der Waals surface area contributed by atoms with E-state index in [1.165, 1.54) is 6.07 Å². The summed E-state index contributed by atoms with van der Waals surface area (Å²) in [6, 6.07) is 3.08. The average molecular weight is 348 g/mol. The van der Waals surface area contributed by atoms with Gasteiger partial charge in [0.25, 0.3) is 0 Å². The molecule has 1 aromatic carbocycles. The maximum atomic E-state index is 11.9. The first-order valence-electron chi connectivity index (χ1n) is 6.29. The Hall–Kier alpha value is -1.11. The first-order chi connectivity index (χ1) is 9.68. The van der Waals surface area contributed by atoms with Gasteiger partial charge >= 0.3 is 0 Å². The van der Waals surface area contributed by atoms with Gasteiger partial charge in [-0.05, 0) is 18.1 Å². The minimum Gasteiger partial charge on any atom is -0.367 e. The van der Waals surface area contributed by atoms with E-state index in [0.29, 0.717) is 33.5 Å². The molecule has 5 nitrogen and oxygen atoms in total. The number of halogens is 2. The van der Waals surface area contributed by atoms with E-state index in [1.54, 1.807) is 6.07 Å². The lowest BCUT2D eigenvalue weighted by atomic mass is 10.2. The van der Waals surface area contributed by atoms with E-state index in [-0.39, 0.29) is 10.8 Å². The fourth-order valence-electron chi connectivity index (χ4n) is 1.71. The fourth-order valence-corrected chi connectivity index (χ4v) is 2.76. The first-order valence-corrected chi connectivity index (χ1v) is 8.94. The molecule has 0 aliphatic carbocycles. The molecule has 0 aliphatic heterocycles. The van der Waals surface area contributed by atoms with Crippen molar-refractivity contribution in [3.8, 4) is 0 Å². The van der Waals surface area contributed by atoms with E-state index < -0.39 is 9.84 Å². The van der Waals surface area contributed by atoms with Crippen molar-refractivity contribution < 1.29 is 8.42 Å². The van der Waals surface area contributed by atoms with Crippen LogP contribution >= 0.6 is 23.2 Å². The van der Waals surface area contributed by atoms with Gasteiger partial charge in [-0.2, -0.15) is 0 Å². The van der Waals surface area contributed by atoms with E-state index in [9.17, 15) is 8.42 Å². The third-order valence-electron chi connectivity index (χ3n) is 2.70. The second-order valence-electron chi connectivity index (χ2n) is 5.18. The Morgan fingerprint density at radius 3 is 2.14 bits per heavy atom. The second-order valence-corrected chi connectivity index (χ2v) is 7.92. The van der Waals surface area contributed by atoms with Crippen LogP contribution in [0.1, 0.15) is 13.8 Å². The summed E-state index contributed by atoms with van der Waals surface area (Å²) in [7, 11) is -3.51. The van der Waals surface area contributed by atoms with Crippen LogP contribution < -0.4 is 5.32 Å². The number of nitrogens with one attached hydrogen (secondary N) is 1. The molecule has 2 aromatic rings. The predicted octanol–water partition coefficient (Wildman–Crippen LogP) is 3.41. The number of nitrogens with zero attached hydrogens (tertiary/aromatic N) is 2. The van der Waals surface area contributed by atoms with E-state index in [1.807, 2.05) is 13.8 Å². The molecule has 0 spiro atoms. The third-order valence-corrected chi connectivity index (χ3v) is 4.41. The van der Waals surface area contributed by atoms with Crippen molar-refractivity contribution in [2.24, 2.45) is 5.92 Å². The maximum absolute atomic E-state index is 11.9. The highest BCUT2D eigenvalue weighted by atomic mass is 35.5. The van der Waals surface area contributed by atoms with Crippen molar-refractivity contribution in [1.82, 2.24) is 9.97 Å². The maximum Gasteiger partial charge on any atom is 0.198 e. The van der Waals surface area contributed by atoms with Crippen LogP contribution in [0.5, 0.6) is 0 Å². The highest BCUT2D eigenvalue weighted by molar-refractivity contribution is 7.90. The van der Waals surface area contributed by atoms with Gasteiger partial charge in [-0.25, -0.2) is 18.4 Å². The number of rotatable bonds is 4. The van der Waals surface area contributed by atoms with Gasteiger partial charge in [-0.15, -0.1) is 0 Å². The minimum atomic E-state index is -3.51. The highest BCUT2D eigenvalue weighted by Gasteiger charge is 2.19. The predicted molar refractivity (Wildman–Crippen MR) is 86.0 cm³/mol. The normalized spacial score (nSPS) is 12.1. The van der Waals surface area contributed by atoms with Crippen molar-refractivity contribution >= 4 is 49.9 Å². The minimum absolute atomic E-state index is 0.0889. The Kier molecular flexibility index (Phi) is 4.60. The van der Waals surface area contributed by atoms with E-state index in [0.717, 1.165) is 6.26 Å². The molecule has 0 amide bonds. The summed E-state index contributed by atoms with van der Waals surface area (Å²) in [6.07, 6.45) is 1.10. The average Bonchev–Trinajstić information content (AvgIpc) is 2.35. The number of sulfone groups is 1. The molecule has 0 bridgehead atoms. The zero-order valence-electron chi connectivity index (χ0n) is 11.8. The van der Waals surface area contributed by atoms with Crippen molar-refractivity contribution in [1.29, 1.82) is 0 Å². The lowest BCUT2D eigenvalue weighted by molar-refractivity contribution is 0.598. The number of anilines is 1. The van der Waals surface area contributed by atoms with Gasteiger partial charge in [0.2, 0.25) is 0 Å². The summed E-state index contributed by atoms with van der Waals surface area (Å²) in [4.78, 5) is 8.49. The topological polar surface area (TPSA) is 72.0 Å². The van der Waals surface area contributed by atoms with Crippen molar-refractivity contribution in [3.63, 3.8) is 0 Å². The van der Waals surface area contributed by atoms with Gasteiger partial charge in [0, 0.05) is 12.8 Å². The van der Waals surface area contributed by atoms with Gasteiger partial charge in [0.05, 0.1) is 21.1 Å². The number of aromatic nitrogens is 2. The van der Waals surface area contributed by atoms with Crippen LogP contribution in [-0.4, -0.2) is 31.2 Å². The monoisotopic (exact) mass is 347 g/mol. The number of fused-ring (bicyclic) bond motifs is 1. The quantitative estimate of drug-likeness (QED) is 0.917. The molecule has 1 heterocycles. The Bertz CT molecular complexity index is 792. The van der Waals surface area contributed by atoms with E-state index >= 15 is 0 Å². The molecular weight excluding hydrogens is 333 g/mol. The van der Waals surface area contributed by atoms with E-state index in [2.05, 4.69) is 15.3 Å². The molecular formula is C13H15Cl2N3O2S. The van der Waals surface area contributed by atoms with Crippen LogP contribution in [0.3, 0.4) is 0 Å². The summed E-state index contributed by atoms with van der Waals surface area (Å²) in [6.45, 7) is 4.61. The van der Waals surface area contributed by atoms with Crippen LogP contribution in [0.15, 0.2) is 17.2 Å². The molecule has 0 aliphatic rings. The van der Waals surface area contributed by atoms with Gasteiger partial charge in [-0.3, -0.25) is 0 Å². The molecule has 0 saturated carbocycles. The van der Waals surface area contributed by atoms with Crippen molar-refractivity contribution in [2.75, 3.05) is 18.1 Å². The standard InChI is InChI=1S/C13H15Cl2N3O2S/c1-7(2)6-16-12-13(21(3,19)20)18-11-5-9(15)8(14)4-10(11)17-12/h4-5,7H,6H2,1-3H3,(H,16,17). The molecule has 0 unspecified atom stereocenters. The van der Waals surface area contributed by atoms with Crippen LogP contribution in [-0.2, 0) is 9.84 Å². The molecule has 114 valence electrons. The van der Waals surface area contributed by atoms with Crippen LogP contribution in [0.25, 0.3) is 11.0 Å². The Morgan fingerprint density at radius 2 is 1.67 bits per heavy atom. The Morgan fingerprint density at radius 1 is 1.14 bits per heavy atom. The smallest absolute Gasteiger partial charge is 0.198 e. The van der Waals surface area contributed by atoms with Crippen molar-refractivity contribution in [3.05, 3.63) is 22.2 Å². The van der Waals surface area contributed by atoms with Crippen LogP contribution in [0, 0.1) is 5.92 Å². The molecule has 0 radical (unpaired) electrons. The summed E-state index contributed by atoms with van der Waals surface area (Å²) in [5.41, 5.74) is 0.878. The summed E-state index contributed by atoms with van der Waals surface area (Å²) in [5.74, 6) is 0.570. The molecule has 1 N–H and O–H groups in total.